The lowest BCUT2D eigenvalue weighted by molar-refractivity contribution is -0.142. The number of rotatable bonds is 5. The number of halogens is 1. The Bertz CT molecular complexity index is 868. The molecular formula is C26H38ClN3O3. The van der Waals surface area contributed by atoms with Crippen molar-refractivity contribution >= 4 is 29.3 Å². The van der Waals surface area contributed by atoms with Crippen LogP contribution < -0.4 is 5.32 Å². The Morgan fingerprint density at radius 1 is 1.06 bits per heavy atom. The number of hydrogen-bond donors (Lipinski definition) is 1. The van der Waals surface area contributed by atoms with Gasteiger partial charge in [0.25, 0.3) is 0 Å². The molecule has 0 spiro atoms. The maximum absolute atomic E-state index is 13.5. The number of hydrogen-bond acceptors (Lipinski definition) is 3. The van der Waals surface area contributed by atoms with E-state index in [1.165, 1.54) is 12.5 Å². The summed E-state index contributed by atoms with van der Waals surface area (Å²) < 4.78 is 0. The van der Waals surface area contributed by atoms with Crippen molar-refractivity contribution in [1.82, 2.24) is 15.1 Å². The topological polar surface area (TPSA) is 69.7 Å². The molecule has 1 aromatic carbocycles. The molecule has 0 radical (unpaired) electrons. The van der Waals surface area contributed by atoms with Gasteiger partial charge in [-0.1, -0.05) is 51.4 Å². The summed E-state index contributed by atoms with van der Waals surface area (Å²) in [6.07, 6.45) is 2.42. The van der Waals surface area contributed by atoms with E-state index in [4.69, 9.17) is 11.6 Å². The SMILES string of the molecule is CC(=O)N1CCC[C@@H](C(=O)N[C@@H](C(=O)N2CCC(c3ccc(Cl)cc3)C(C)(C)C2)C(C)C)C1. The Kier molecular flexibility index (Phi) is 8.09. The number of piperidine rings is 2. The molecule has 182 valence electrons. The van der Waals surface area contributed by atoms with Crippen molar-refractivity contribution in [2.24, 2.45) is 17.3 Å². The molecular weight excluding hydrogens is 438 g/mol. The first-order valence-corrected chi connectivity index (χ1v) is 12.5. The fourth-order valence-corrected chi connectivity index (χ4v) is 5.44. The average Bonchev–Trinajstić information content (AvgIpc) is 2.76. The molecule has 2 aliphatic heterocycles. The predicted octanol–water partition coefficient (Wildman–Crippen LogP) is 4.08. The van der Waals surface area contributed by atoms with E-state index in [1.54, 1.807) is 4.90 Å². The molecule has 2 saturated heterocycles. The maximum atomic E-state index is 13.5. The monoisotopic (exact) mass is 475 g/mol. The van der Waals surface area contributed by atoms with Crippen LogP contribution in [-0.4, -0.2) is 59.7 Å². The molecule has 3 rings (SSSR count). The van der Waals surface area contributed by atoms with Crippen LogP contribution in [0.25, 0.3) is 0 Å². The van der Waals surface area contributed by atoms with E-state index in [2.05, 4.69) is 31.3 Å². The van der Waals surface area contributed by atoms with Crippen LogP contribution in [0.1, 0.15) is 65.4 Å². The summed E-state index contributed by atoms with van der Waals surface area (Å²) in [5.74, 6) is -0.0844. The van der Waals surface area contributed by atoms with E-state index in [0.29, 0.717) is 32.1 Å². The van der Waals surface area contributed by atoms with Crippen LogP contribution in [0, 0.1) is 17.3 Å². The summed E-state index contributed by atoms with van der Waals surface area (Å²) in [6, 6.07) is 7.45. The molecule has 7 heteroatoms. The molecule has 0 bridgehead atoms. The summed E-state index contributed by atoms with van der Waals surface area (Å²) in [7, 11) is 0. The smallest absolute Gasteiger partial charge is 0.245 e. The van der Waals surface area contributed by atoms with Crippen LogP contribution in [0.5, 0.6) is 0 Å². The summed E-state index contributed by atoms with van der Waals surface area (Å²) in [5.41, 5.74) is 1.15. The minimum Gasteiger partial charge on any atom is -0.344 e. The molecule has 0 aromatic heterocycles. The van der Waals surface area contributed by atoms with Crippen molar-refractivity contribution in [3.8, 4) is 0 Å². The highest BCUT2D eigenvalue weighted by atomic mass is 35.5. The first-order chi connectivity index (χ1) is 15.5. The molecule has 33 heavy (non-hydrogen) atoms. The molecule has 1 N–H and O–H groups in total. The zero-order valence-electron chi connectivity index (χ0n) is 20.6. The molecule has 6 nitrogen and oxygen atoms in total. The zero-order valence-corrected chi connectivity index (χ0v) is 21.3. The lowest BCUT2D eigenvalue weighted by Gasteiger charge is -2.46. The molecule has 3 atom stereocenters. The highest BCUT2D eigenvalue weighted by molar-refractivity contribution is 6.30. The van der Waals surface area contributed by atoms with Crippen molar-refractivity contribution in [3.05, 3.63) is 34.9 Å². The van der Waals surface area contributed by atoms with E-state index in [-0.39, 0.29) is 35.0 Å². The quantitative estimate of drug-likeness (QED) is 0.697. The minimum atomic E-state index is -0.562. The number of nitrogens with one attached hydrogen (secondary N) is 1. The maximum Gasteiger partial charge on any atom is 0.245 e. The van der Waals surface area contributed by atoms with Crippen molar-refractivity contribution in [2.45, 2.75) is 65.8 Å². The van der Waals surface area contributed by atoms with Crippen LogP contribution in [0.3, 0.4) is 0 Å². The number of carbonyl (C=O) groups is 3. The van der Waals surface area contributed by atoms with Crippen molar-refractivity contribution in [2.75, 3.05) is 26.2 Å². The first kappa shape index (κ1) is 25.5. The molecule has 1 unspecified atom stereocenters. The Labute approximate surface area is 203 Å². The number of nitrogens with zero attached hydrogens (tertiary/aromatic N) is 2. The molecule has 0 aliphatic carbocycles. The van der Waals surface area contributed by atoms with Gasteiger partial charge in [-0.2, -0.15) is 0 Å². The van der Waals surface area contributed by atoms with Crippen LogP contribution in [0.2, 0.25) is 5.02 Å². The van der Waals surface area contributed by atoms with E-state index >= 15 is 0 Å². The number of amides is 3. The highest BCUT2D eigenvalue weighted by Crippen LogP contribution is 2.42. The van der Waals surface area contributed by atoms with Crippen molar-refractivity contribution < 1.29 is 14.4 Å². The van der Waals surface area contributed by atoms with Crippen LogP contribution in [0.4, 0.5) is 0 Å². The molecule has 2 fully saturated rings. The van der Waals surface area contributed by atoms with Gasteiger partial charge in [0.05, 0.1) is 5.92 Å². The summed E-state index contributed by atoms with van der Waals surface area (Å²) in [6.45, 7) is 12.3. The molecule has 1 aromatic rings. The third-order valence-electron chi connectivity index (χ3n) is 7.28. The number of benzene rings is 1. The highest BCUT2D eigenvalue weighted by Gasteiger charge is 2.41. The Balaban J connectivity index is 1.67. The zero-order chi connectivity index (χ0) is 24.3. The van der Waals surface area contributed by atoms with Gasteiger partial charge in [0.1, 0.15) is 6.04 Å². The van der Waals surface area contributed by atoms with Gasteiger partial charge < -0.3 is 15.1 Å². The van der Waals surface area contributed by atoms with E-state index in [0.717, 1.165) is 24.3 Å². The predicted molar refractivity (Wildman–Crippen MR) is 131 cm³/mol. The minimum absolute atomic E-state index is 0.00484. The second-order valence-electron chi connectivity index (χ2n) is 10.7. The lowest BCUT2D eigenvalue weighted by Crippen LogP contribution is -2.57. The normalized spacial score (nSPS) is 23.8. The summed E-state index contributed by atoms with van der Waals surface area (Å²) in [5, 5.41) is 3.76. The second-order valence-corrected chi connectivity index (χ2v) is 11.1. The third kappa shape index (κ3) is 6.08. The Morgan fingerprint density at radius 3 is 2.30 bits per heavy atom. The molecule has 2 heterocycles. The first-order valence-electron chi connectivity index (χ1n) is 12.1. The van der Waals surface area contributed by atoms with Gasteiger partial charge in [-0.05, 0) is 54.2 Å². The number of carbonyl (C=O) groups excluding carboxylic acids is 3. The Morgan fingerprint density at radius 2 is 1.73 bits per heavy atom. The van der Waals surface area contributed by atoms with Gasteiger partial charge in [-0.25, -0.2) is 0 Å². The fraction of sp³-hybridized carbons (Fsp3) is 0.654. The second kappa shape index (κ2) is 10.5. The summed E-state index contributed by atoms with van der Waals surface area (Å²) >= 11 is 6.07. The fourth-order valence-electron chi connectivity index (χ4n) is 5.32. The standard InChI is InChI=1S/C26H38ClN3O3/c1-17(2)23(28-24(32)20-7-6-13-29(15-20)18(3)31)25(33)30-14-12-22(26(4,5)16-30)19-8-10-21(27)11-9-19/h8-11,17,20,22-23H,6-7,12-16H2,1-5H3,(H,28,32)/t20-,22?,23-/m1/s1. The number of likely N-dealkylation sites (tertiary alicyclic amines) is 2. The third-order valence-corrected chi connectivity index (χ3v) is 7.53. The Hall–Kier alpha value is -2.08. The van der Waals surface area contributed by atoms with Crippen molar-refractivity contribution in [1.29, 1.82) is 0 Å². The average molecular weight is 476 g/mol. The lowest BCUT2D eigenvalue weighted by atomic mass is 9.70. The summed E-state index contributed by atoms with van der Waals surface area (Å²) in [4.78, 5) is 42.0. The van der Waals surface area contributed by atoms with Gasteiger partial charge in [-0.3, -0.25) is 14.4 Å². The van der Waals surface area contributed by atoms with E-state index in [1.807, 2.05) is 30.9 Å². The van der Waals surface area contributed by atoms with Gasteiger partial charge in [0, 0.05) is 38.1 Å². The van der Waals surface area contributed by atoms with Crippen LogP contribution in [-0.2, 0) is 14.4 Å². The van der Waals surface area contributed by atoms with Gasteiger partial charge in [0.15, 0.2) is 0 Å². The van der Waals surface area contributed by atoms with Crippen LogP contribution in [0.15, 0.2) is 24.3 Å². The van der Waals surface area contributed by atoms with Crippen LogP contribution >= 0.6 is 11.6 Å². The largest absolute Gasteiger partial charge is 0.344 e. The molecule has 2 aliphatic rings. The van der Waals surface area contributed by atoms with E-state index in [9.17, 15) is 14.4 Å². The molecule has 3 amide bonds. The van der Waals surface area contributed by atoms with E-state index < -0.39 is 6.04 Å². The van der Waals surface area contributed by atoms with Gasteiger partial charge >= 0.3 is 0 Å². The molecule has 0 saturated carbocycles. The van der Waals surface area contributed by atoms with Gasteiger partial charge in [0.2, 0.25) is 17.7 Å². The van der Waals surface area contributed by atoms with Gasteiger partial charge in [-0.15, -0.1) is 0 Å². The van der Waals surface area contributed by atoms with Crippen molar-refractivity contribution in [3.63, 3.8) is 0 Å².